The van der Waals surface area contributed by atoms with Crippen molar-refractivity contribution in [2.75, 3.05) is 16.9 Å². The van der Waals surface area contributed by atoms with Gasteiger partial charge in [0.1, 0.15) is 11.3 Å². The first-order valence-electron chi connectivity index (χ1n) is 13.3. The molecule has 204 valence electrons. The number of thiazole rings is 1. The number of hydrogen-bond donors (Lipinski definition) is 0. The van der Waals surface area contributed by atoms with E-state index in [1.54, 1.807) is 54.5 Å². The summed E-state index contributed by atoms with van der Waals surface area (Å²) in [4.78, 5) is 51.6. The molecule has 0 saturated carbocycles. The summed E-state index contributed by atoms with van der Waals surface area (Å²) in [5.74, 6) is -0.522. The Bertz CT molecular complexity index is 2150. The van der Waals surface area contributed by atoms with E-state index >= 15 is 0 Å². The highest BCUT2D eigenvalue weighted by molar-refractivity contribution is 7.22. The van der Waals surface area contributed by atoms with Crippen molar-refractivity contribution in [3.8, 4) is 5.75 Å². The van der Waals surface area contributed by atoms with Crippen LogP contribution in [0.25, 0.3) is 21.2 Å². The molecule has 0 radical (unpaired) electrons. The third-order valence-electron chi connectivity index (χ3n) is 7.99. The van der Waals surface area contributed by atoms with E-state index in [-0.39, 0.29) is 28.6 Å². The van der Waals surface area contributed by atoms with E-state index in [1.165, 1.54) is 16.2 Å². The summed E-state index contributed by atoms with van der Waals surface area (Å²) in [6.07, 6.45) is 0. The number of carbonyl (C=O) groups excluding carboxylic acids is 2. The molecule has 2 aliphatic heterocycles. The van der Waals surface area contributed by atoms with Gasteiger partial charge in [0.15, 0.2) is 16.1 Å². The number of fused-ring (bicyclic) bond motifs is 6. The van der Waals surface area contributed by atoms with Gasteiger partial charge in [-0.2, -0.15) is 0 Å². The van der Waals surface area contributed by atoms with Gasteiger partial charge < -0.3 is 14.1 Å². The number of aromatic nitrogens is 1. The first-order chi connectivity index (χ1) is 20.5. The van der Waals surface area contributed by atoms with Crippen molar-refractivity contribution >= 4 is 55.2 Å². The van der Waals surface area contributed by atoms with Crippen LogP contribution in [-0.2, 0) is 16.9 Å². The van der Waals surface area contributed by atoms with Crippen LogP contribution in [0.5, 0.6) is 5.75 Å². The van der Waals surface area contributed by atoms with Crippen molar-refractivity contribution in [3.63, 3.8) is 0 Å². The first kappa shape index (κ1) is 24.5. The Kier molecular flexibility index (Phi) is 5.17. The Balaban J connectivity index is 1.45. The molecule has 1 atom stereocenters. The molecule has 0 aliphatic carbocycles. The Morgan fingerprint density at radius 2 is 1.67 bits per heavy atom. The summed E-state index contributed by atoms with van der Waals surface area (Å²) in [5.41, 5.74) is 0.752. The lowest BCUT2D eigenvalue weighted by atomic mass is 9.84. The van der Waals surface area contributed by atoms with Crippen molar-refractivity contribution in [2.24, 2.45) is 0 Å². The molecule has 8 nitrogen and oxygen atoms in total. The average Bonchev–Trinajstić information content (AvgIpc) is 3.63. The maximum atomic E-state index is 15.0. The molecule has 0 bridgehead atoms. The van der Waals surface area contributed by atoms with E-state index in [4.69, 9.17) is 14.1 Å². The number of hydrogen-bond acceptors (Lipinski definition) is 7. The van der Waals surface area contributed by atoms with Gasteiger partial charge in [-0.25, -0.2) is 4.98 Å². The van der Waals surface area contributed by atoms with E-state index in [1.807, 2.05) is 54.6 Å². The molecule has 2 aromatic heterocycles. The molecule has 0 fully saturated rings. The molecule has 2 aliphatic rings. The Morgan fingerprint density at radius 1 is 0.905 bits per heavy atom. The molecule has 0 N–H and O–H groups in total. The fourth-order valence-electron chi connectivity index (χ4n) is 6.15. The van der Waals surface area contributed by atoms with Crippen molar-refractivity contribution < 1.29 is 18.7 Å². The van der Waals surface area contributed by atoms with Crippen LogP contribution in [-0.4, -0.2) is 23.9 Å². The van der Waals surface area contributed by atoms with Crippen LogP contribution in [0, 0.1) is 0 Å². The van der Waals surface area contributed by atoms with Crippen molar-refractivity contribution in [1.29, 1.82) is 0 Å². The van der Waals surface area contributed by atoms with Gasteiger partial charge in [-0.3, -0.25) is 19.3 Å². The normalized spacial score (nSPS) is 17.5. The monoisotopic (exact) mass is 571 g/mol. The fourth-order valence-corrected chi connectivity index (χ4v) is 7.19. The second-order valence-corrected chi connectivity index (χ2v) is 11.2. The van der Waals surface area contributed by atoms with E-state index in [9.17, 15) is 14.4 Å². The second kappa shape index (κ2) is 8.86. The lowest BCUT2D eigenvalue weighted by Gasteiger charge is -2.32. The van der Waals surface area contributed by atoms with Crippen LogP contribution in [0.4, 0.5) is 10.8 Å². The minimum Gasteiger partial charge on any atom is -0.497 e. The molecule has 1 unspecified atom stereocenters. The van der Waals surface area contributed by atoms with Crippen molar-refractivity contribution in [2.45, 2.75) is 12.1 Å². The highest BCUT2D eigenvalue weighted by Gasteiger charge is 2.66. The van der Waals surface area contributed by atoms with E-state index in [2.05, 4.69) is 0 Å². The Labute approximate surface area is 243 Å². The Hall–Kier alpha value is -5.28. The molecular weight excluding hydrogens is 550 g/mol. The summed E-state index contributed by atoms with van der Waals surface area (Å²) in [6.45, 7) is 0.256. The zero-order valence-corrected chi connectivity index (χ0v) is 23.1. The molecule has 9 heteroatoms. The molecule has 4 aromatic carbocycles. The van der Waals surface area contributed by atoms with E-state index < -0.39 is 22.8 Å². The van der Waals surface area contributed by atoms with Gasteiger partial charge >= 0.3 is 0 Å². The van der Waals surface area contributed by atoms with Crippen LogP contribution in [0.1, 0.15) is 27.2 Å². The summed E-state index contributed by atoms with van der Waals surface area (Å²) in [5, 5.41) is 0.578. The van der Waals surface area contributed by atoms with Gasteiger partial charge in [-0.15, -0.1) is 0 Å². The van der Waals surface area contributed by atoms with Gasteiger partial charge in [0.2, 0.25) is 5.76 Å². The Morgan fingerprint density at radius 3 is 2.50 bits per heavy atom. The minimum absolute atomic E-state index is 0.0102. The first-order valence-corrected chi connectivity index (χ1v) is 14.1. The van der Waals surface area contributed by atoms with Crippen LogP contribution < -0.4 is 20.0 Å². The third-order valence-corrected chi connectivity index (χ3v) is 8.99. The van der Waals surface area contributed by atoms with Crippen LogP contribution in [0.15, 0.2) is 106 Å². The lowest BCUT2D eigenvalue weighted by molar-refractivity contribution is -0.121. The van der Waals surface area contributed by atoms with Gasteiger partial charge in [0.25, 0.3) is 11.8 Å². The largest absolute Gasteiger partial charge is 0.497 e. The topological polar surface area (TPSA) is 93.0 Å². The van der Waals surface area contributed by atoms with Gasteiger partial charge in [-0.1, -0.05) is 72.0 Å². The standard InChI is InChI=1S/C33H21N3O5S/c1-40-20-15-16-23-26(17-20)42-32(34-23)36-30(38)29-27(28(37)21-11-5-8-14-25(21)41-29)33(36)22-12-6-7-13-24(22)35(31(33)39)18-19-9-3-2-4-10-19/h2-17H,18H2,1H3. The van der Waals surface area contributed by atoms with E-state index in [0.29, 0.717) is 27.9 Å². The zero-order chi connectivity index (χ0) is 28.6. The van der Waals surface area contributed by atoms with Crippen LogP contribution in [0.2, 0.25) is 0 Å². The van der Waals surface area contributed by atoms with Crippen LogP contribution >= 0.6 is 11.3 Å². The van der Waals surface area contributed by atoms with Gasteiger partial charge in [0.05, 0.1) is 40.5 Å². The number of rotatable bonds is 4. The molecule has 6 aromatic rings. The summed E-state index contributed by atoms with van der Waals surface area (Å²) >= 11 is 1.25. The molecular formula is C33H21N3O5S. The SMILES string of the molecule is COc1ccc2nc(N3C(=O)c4oc5ccccc5c(=O)c4C34C(=O)N(Cc3ccccc3)c3ccccc34)sc2c1. The number of methoxy groups -OCH3 is 1. The van der Waals surface area contributed by atoms with Crippen molar-refractivity contribution in [1.82, 2.24) is 4.98 Å². The number of para-hydroxylation sites is 2. The summed E-state index contributed by atoms with van der Waals surface area (Å²) in [6, 6.07) is 29.1. The molecule has 42 heavy (non-hydrogen) atoms. The predicted octanol–water partition coefficient (Wildman–Crippen LogP) is 5.86. The zero-order valence-electron chi connectivity index (χ0n) is 22.2. The highest BCUT2D eigenvalue weighted by Crippen LogP contribution is 2.55. The smallest absolute Gasteiger partial charge is 0.297 e. The predicted molar refractivity (Wildman–Crippen MR) is 160 cm³/mol. The molecule has 2 amide bonds. The number of amides is 2. The molecule has 4 heterocycles. The second-order valence-electron chi connectivity index (χ2n) is 10.2. The quantitative estimate of drug-likeness (QED) is 0.263. The average molecular weight is 572 g/mol. The van der Waals surface area contributed by atoms with Gasteiger partial charge in [-0.05, 0) is 42.0 Å². The van der Waals surface area contributed by atoms with Crippen LogP contribution in [0.3, 0.4) is 0 Å². The maximum absolute atomic E-state index is 15.0. The number of anilines is 2. The number of ether oxygens (including phenoxy) is 1. The highest BCUT2D eigenvalue weighted by atomic mass is 32.1. The maximum Gasteiger partial charge on any atom is 0.297 e. The van der Waals surface area contributed by atoms with Crippen molar-refractivity contribution in [3.05, 3.63) is 130 Å². The summed E-state index contributed by atoms with van der Waals surface area (Å²) in [7, 11) is 1.58. The summed E-state index contributed by atoms with van der Waals surface area (Å²) < 4.78 is 12.3. The minimum atomic E-state index is -1.81. The number of carbonyl (C=O) groups is 2. The fraction of sp³-hybridized carbons (Fsp3) is 0.0909. The third kappa shape index (κ3) is 3.16. The van der Waals surface area contributed by atoms with E-state index in [0.717, 1.165) is 10.3 Å². The lowest BCUT2D eigenvalue weighted by Crippen LogP contribution is -2.53. The molecule has 8 rings (SSSR count). The number of nitrogens with zero attached hydrogens (tertiary/aromatic N) is 3. The molecule has 0 saturated heterocycles. The molecule has 1 spiro atoms. The van der Waals surface area contributed by atoms with Gasteiger partial charge in [0, 0.05) is 5.56 Å². The number of benzene rings is 4.